The van der Waals surface area contributed by atoms with E-state index in [1.165, 1.54) is 4.31 Å². The summed E-state index contributed by atoms with van der Waals surface area (Å²) in [5.41, 5.74) is 3.46. The molecule has 1 fully saturated rings. The second-order valence-corrected chi connectivity index (χ2v) is 10.7. The summed E-state index contributed by atoms with van der Waals surface area (Å²) < 4.78 is 38.8. The quantitative estimate of drug-likeness (QED) is 0.612. The first-order valence-corrected chi connectivity index (χ1v) is 12.6. The van der Waals surface area contributed by atoms with Gasteiger partial charge in [0.05, 0.1) is 19.1 Å². The topological polar surface area (TPSA) is 76.2 Å². The van der Waals surface area contributed by atoms with Crippen molar-refractivity contribution < 1.29 is 22.7 Å². The molecule has 3 rings (SSSR count). The van der Waals surface area contributed by atoms with E-state index in [-0.39, 0.29) is 11.8 Å². The highest BCUT2D eigenvalue weighted by molar-refractivity contribution is 7.89. The van der Waals surface area contributed by atoms with Crippen LogP contribution in [0.1, 0.15) is 35.1 Å². The monoisotopic (exact) mass is 474 g/mol. The standard InChI is InChI=1S/C25H34N2O5S/c1-17-13-18(2)24(19(3)14-17)33(29,30)27-11-9-20(10-12-27)25(28)26(4)16-21-7-8-22(31-5)15-23(21)32-6/h7-8,13-15,20H,9-12,16H2,1-6H3. The van der Waals surface area contributed by atoms with Gasteiger partial charge in [0.1, 0.15) is 11.5 Å². The minimum atomic E-state index is -3.59. The molecule has 0 unspecified atom stereocenters. The number of carbonyl (C=O) groups is 1. The Hall–Kier alpha value is -2.58. The molecule has 33 heavy (non-hydrogen) atoms. The lowest BCUT2D eigenvalue weighted by Crippen LogP contribution is -2.43. The molecule has 1 aliphatic rings. The van der Waals surface area contributed by atoms with Crippen LogP contribution in [0.15, 0.2) is 35.2 Å². The Morgan fingerprint density at radius 3 is 2.18 bits per heavy atom. The van der Waals surface area contributed by atoms with E-state index in [0.717, 1.165) is 22.3 Å². The molecular formula is C25H34N2O5S. The number of nitrogens with zero attached hydrogens (tertiary/aromatic N) is 2. The van der Waals surface area contributed by atoms with Gasteiger partial charge < -0.3 is 14.4 Å². The Morgan fingerprint density at radius 1 is 1.03 bits per heavy atom. The van der Waals surface area contributed by atoms with E-state index in [1.807, 2.05) is 45.0 Å². The highest BCUT2D eigenvalue weighted by atomic mass is 32.2. The Labute approximate surface area is 197 Å². The summed E-state index contributed by atoms with van der Waals surface area (Å²) in [4.78, 5) is 15.2. The van der Waals surface area contributed by atoms with Gasteiger partial charge in [-0.2, -0.15) is 4.31 Å². The van der Waals surface area contributed by atoms with Crippen molar-refractivity contribution in [1.82, 2.24) is 9.21 Å². The van der Waals surface area contributed by atoms with E-state index >= 15 is 0 Å². The lowest BCUT2D eigenvalue weighted by Gasteiger charge is -2.33. The van der Waals surface area contributed by atoms with Crippen LogP contribution < -0.4 is 9.47 Å². The van der Waals surface area contributed by atoms with Crippen LogP contribution in [-0.4, -0.2) is 57.9 Å². The summed E-state index contributed by atoms with van der Waals surface area (Å²) in [5, 5.41) is 0. The van der Waals surface area contributed by atoms with Gasteiger partial charge in [-0.1, -0.05) is 17.7 Å². The van der Waals surface area contributed by atoms with E-state index in [0.29, 0.717) is 48.9 Å². The lowest BCUT2D eigenvalue weighted by atomic mass is 9.96. The van der Waals surface area contributed by atoms with Crippen molar-refractivity contribution in [2.75, 3.05) is 34.4 Å². The minimum absolute atomic E-state index is 0.0209. The van der Waals surface area contributed by atoms with Crippen LogP contribution in [0.3, 0.4) is 0 Å². The Kier molecular flexibility index (Phi) is 7.69. The minimum Gasteiger partial charge on any atom is -0.497 e. The fourth-order valence-corrected chi connectivity index (χ4v) is 6.55. The summed E-state index contributed by atoms with van der Waals surface area (Å²) in [6.07, 6.45) is 1.01. The average molecular weight is 475 g/mol. The second-order valence-electron chi connectivity index (χ2n) is 8.78. The highest BCUT2D eigenvalue weighted by Gasteiger charge is 2.34. The van der Waals surface area contributed by atoms with Gasteiger partial charge in [0.25, 0.3) is 0 Å². The van der Waals surface area contributed by atoms with E-state index < -0.39 is 10.0 Å². The zero-order chi connectivity index (χ0) is 24.3. The number of aryl methyl sites for hydroxylation is 3. The number of piperidine rings is 1. The first-order chi connectivity index (χ1) is 15.6. The number of methoxy groups -OCH3 is 2. The number of sulfonamides is 1. The van der Waals surface area contributed by atoms with Crippen LogP contribution in [0.4, 0.5) is 0 Å². The number of carbonyl (C=O) groups excluding carboxylic acids is 1. The first-order valence-electron chi connectivity index (χ1n) is 11.1. The molecule has 0 spiro atoms. The lowest BCUT2D eigenvalue weighted by molar-refractivity contribution is -0.135. The zero-order valence-electron chi connectivity index (χ0n) is 20.3. The second kappa shape index (κ2) is 10.1. The molecule has 0 saturated carbocycles. The molecule has 0 bridgehead atoms. The van der Waals surface area contributed by atoms with Crippen LogP contribution in [-0.2, 0) is 21.4 Å². The molecular weight excluding hydrogens is 440 g/mol. The highest BCUT2D eigenvalue weighted by Crippen LogP contribution is 2.30. The smallest absolute Gasteiger partial charge is 0.243 e. The predicted octanol–water partition coefficient (Wildman–Crippen LogP) is 3.69. The van der Waals surface area contributed by atoms with Gasteiger partial charge in [0.15, 0.2) is 0 Å². The summed E-state index contributed by atoms with van der Waals surface area (Å²) in [7, 11) is 1.36. The molecule has 0 atom stereocenters. The Balaban J connectivity index is 1.67. The Bertz CT molecular complexity index is 1100. The zero-order valence-corrected chi connectivity index (χ0v) is 21.2. The number of rotatable bonds is 7. The Morgan fingerprint density at radius 2 is 1.64 bits per heavy atom. The van der Waals surface area contributed by atoms with Gasteiger partial charge in [-0.25, -0.2) is 8.42 Å². The van der Waals surface area contributed by atoms with E-state index in [1.54, 1.807) is 32.2 Å². The summed E-state index contributed by atoms with van der Waals surface area (Å²) >= 11 is 0. The molecule has 0 aromatic heterocycles. The number of amides is 1. The van der Waals surface area contributed by atoms with Gasteiger partial charge in [0.2, 0.25) is 15.9 Å². The van der Waals surface area contributed by atoms with Crippen LogP contribution >= 0.6 is 0 Å². The molecule has 7 nitrogen and oxygen atoms in total. The summed E-state index contributed by atoms with van der Waals surface area (Å²) in [5.74, 6) is 1.18. The van der Waals surface area contributed by atoms with Crippen molar-refractivity contribution in [3.05, 3.63) is 52.6 Å². The normalized spacial score (nSPS) is 15.3. The van der Waals surface area contributed by atoms with Crippen LogP contribution in [0, 0.1) is 26.7 Å². The van der Waals surface area contributed by atoms with Crippen molar-refractivity contribution >= 4 is 15.9 Å². The van der Waals surface area contributed by atoms with Gasteiger partial charge in [-0.15, -0.1) is 0 Å². The molecule has 8 heteroatoms. The van der Waals surface area contributed by atoms with Gasteiger partial charge in [0, 0.05) is 44.2 Å². The summed E-state index contributed by atoms with van der Waals surface area (Å²) in [6.45, 7) is 6.73. The fraction of sp³-hybridized carbons (Fsp3) is 0.480. The predicted molar refractivity (Wildman–Crippen MR) is 128 cm³/mol. The number of benzene rings is 2. The average Bonchev–Trinajstić information content (AvgIpc) is 2.78. The number of hydrogen-bond acceptors (Lipinski definition) is 5. The fourth-order valence-electron chi connectivity index (χ4n) is 4.67. The summed E-state index contributed by atoms with van der Waals surface area (Å²) in [6, 6.07) is 9.33. The van der Waals surface area contributed by atoms with E-state index in [9.17, 15) is 13.2 Å². The third-order valence-electron chi connectivity index (χ3n) is 6.28. The molecule has 180 valence electrons. The van der Waals surface area contributed by atoms with Gasteiger partial charge in [-0.3, -0.25) is 4.79 Å². The van der Waals surface area contributed by atoms with Crippen molar-refractivity contribution in [2.45, 2.75) is 45.1 Å². The van der Waals surface area contributed by atoms with E-state index in [4.69, 9.17) is 9.47 Å². The molecule has 1 amide bonds. The molecule has 2 aromatic carbocycles. The van der Waals surface area contributed by atoms with Gasteiger partial charge >= 0.3 is 0 Å². The SMILES string of the molecule is COc1ccc(CN(C)C(=O)C2CCN(S(=O)(=O)c3c(C)cc(C)cc3C)CC2)c(OC)c1. The third kappa shape index (κ3) is 5.33. The van der Waals surface area contributed by atoms with Crippen molar-refractivity contribution in [2.24, 2.45) is 5.92 Å². The number of ether oxygens (including phenoxy) is 2. The maximum atomic E-state index is 13.3. The van der Waals surface area contributed by atoms with E-state index in [2.05, 4.69) is 0 Å². The van der Waals surface area contributed by atoms with Crippen LogP contribution in [0.5, 0.6) is 11.5 Å². The molecule has 0 aliphatic carbocycles. The molecule has 2 aromatic rings. The van der Waals surface area contributed by atoms with Crippen LogP contribution in [0.2, 0.25) is 0 Å². The first kappa shape index (κ1) is 25.1. The third-order valence-corrected chi connectivity index (χ3v) is 8.49. The maximum Gasteiger partial charge on any atom is 0.243 e. The molecule has 1 heterocycles. The van der Waals surface area contributed by atoms with Crippen LogP contribution in [0.25, 0.3) is 0 Å². The molecule has 0 N–H and O–H groups in total. The largest absolute Gasteiger partial charge is 0.497 e. The molecule has 1 saturated heterocycles. The van der Waals surface area contributed by atoms with Crippen molar-refractivity contribution in [3.8, 4) is 11.5 Å². The van der Waals surface area contributed by atoms with Crippen molar-refractivity contribution in [3.63, 3.8) is 0 Å². The number of hydrogen-bond donors (Lipinski definition) is 0. The maximum absolute atomic E-state index is 13.3. The van der Waals surface area contributed by atoms with Crippen molar-refractivity contribution in [1.29, 1.82) is 0 Å². The molecule has 0 radical (unpaired) electrons. The van der Waals surface area contributed by atoms with Gasteiger partial charge in [-0.05, 0) is 56.9 Å². The molecule has 1 aliphatic heterocycles.